The predicted octanol–water partition coefficient (Wildman–Crippen LogP) is 8.56. The Labute approximate surface area is 181 Å². The normalized spacial score (nSPS) is 11.2. The van der Waals surface area contributed by atoms with Crippen molar-refractivity contribution in [3.8, 4) is 11.1 Å². The van der Waals surface area contributed by atoms with Crippen LogP contribution in [0.5, 0.6) is 0 Å². The second-order valence-corrected chi connectivity index (χ2v) is 7.92. The van der Waals surface area contributed by atoms with Gasteiger partial charge in [0.1, 0.15) is 0 Å². The first-order chi connectivity index (χ1) is 15.4. The summed E-state index contributed by atoms with van der Waals surface area (Å²) in [5.41, 5.74) is 4.70. The van der Waals surface area contributed by atoms with Gasteiger partial charge in [-0.2, -0.15) is 0 Å². The molecule has 0 radical (unpaired) electrons. The fourth-order valence-electron chi connectivity index (χ4n) is 4.53. The van der Waals surface area contributed by atoms with Gasteiger partial charge in [-0.05, 0) is 56.1 Å². The monoisotopic (exact) mass is 395 g/mol. The molecule has 0 aromatic heterocycles. The van der Waals surface area contributed by atoms with Crippen LogP contribution in [0.2, 0.25) is 0 Å². The van der Waals surface area contributed by atoms with Crippen LogP contribution in [0.1, 0.15) is 0 Å². The van der Waals surface area contributed by atoms with E-state index in [1.807, 2.05) is 0 Å². The van der Waals surface area contributed by atoms with Crippen LogP contribution in [0.25, 0.3) is 43.4 Å². The zero-order valence-corrected chi connectivity index (χ0v) is 17.0. The van der Waals surface area contributed by atoms with Gasteiger partial charge in [0.05, 0.1) is 0 Å². The van der Waals surface area contributed by atoms with Gasteiger partial charge in [-0.3, -0.25) is 0 Å². The molecule has 0 bridgehead atoms. The SMILES string of the molecule is c1ccc2cc(Nc3ccc4ccccc4c3-c3cccc4ccccc34)ccc2c1. The highest BCUT2D eigenvalue weighted by Gasteiger charge is 2.13. The minimum atomic E-state index is 1.09. The Morgan fingerprint density at radius 2 is 1.03 bits per heavy atom. The standard InChI is InChI=1S/C30H21N/c1-2-11-24-20-25(18-16-21(24)8-1)31-29-19-17-23-10-4-6-14-27(23)30(29)28-15-7-12-22-9-3-5-13-26(22)28/h1-20,31H. The lowest BCUT2D eigenvalue weighted by atomic mass is 9.92. The summed E-state index contributed by atoms with van der Waals surface area (Å²) < 4.78 is 0. The number of hydrogen-bond donors (Lipinski definition) is 1. The van der Waals surface area contributed by atoms with E-state index in [4.69, 9.17) is 0 Å². The molecule has 0 aliphatic rings. The van der Waals surface area contributed by atoms with Crippen LogP contribution in [0.15, 0.2) is 121 Å². The molecule has 1 N–H and O–H groups in total. The second kappa shape index (κ2) is 7.30. The first kappa shape index (κ1) is 17.7. The van der Waals surface area contributed by atoms with Crippen LogP contribution in [0.4, 0.5) is 11.4 Å². The van der Waals surface area contributed by atoms with Crippen molar-refractivity contribution in [2.24, 2.45) is 0 Å². The Morgan fingerprint density at radius 3 is 1.87 bits per heavy atom. The highest BCUT2D eigenvalue weighted by atomic mass is 14.9. The molecule has 1 nitrogen and oxygen atoms in total. The Balaban J connectivity index is 1.59. The zero-order chi connectivity index (χ0) is 20.6. The predicted molar refractivity (Wildman–Crippen MR) is 134 cm³/mol. The molecule has 0 fully saturated rings. The summed E-state index contributed by atoms with van der Waals surface area (Å²) in [6.07, 6.45) is 0. The number of hydrogen-bond acceptors (Lipinski definition) is 1. The van der Waals surface area contributed by atoms with Crippen molar-refractivity contribution in [2.45, 2.75) is 0 Å². The van der Waals surface area contributed by atoms with Gasteiger partial charge in [0.2, 0.25) is 0 Å². The third-order valence-electron chi connectivity index (χ3n) is 6.02. The van der Waals surface area contributed by atoms with Crippen molar-refractivity contribution in [1.29, 1.82) is 0 Å². The lowest BCUT2D eigenvalue weighted by Crippen LogP contribution is -1.95. The van der Waals surface area contributed by atoms with Crippen molar-refractivity contribution in [2.75, 3.05) is 5.32 Å². The lowest BCUT2D eigenvalue weighted by Gasteiger charge is -2.17. The molecule has 0 amide bonds. The number of benzene rings is 6. The molecular weight excluding hydrogens is 374 g/mol. The third kappa shape index (κ3) is 3.12. The van der Waals surface area contributed by atoms with Gasteiger partial charge in [-0.25, -0.2) is 0 Å². The molecule has 0 spiro atoms. The summed E-state index contributed by atoms with van der Waals surface area (Å²) in [6, 6.07) is 43.2. The Bertz CT molecular complexity index is 1560. The van der Waals surface area contributed by atoms with E-state index in [-0.39, 0.29) is 0 Å². The minimum Gasteiger partial charge on any atom is -0.355 e. The fourth-order valence-corrected chi connectivity index (χ4v) is 4.53. The number of nitrogens with one attached hydrogen (secondary N) is 1. The van der Waals surface area contributed by atoms with E-state index in [0.29, 0.717) is 0 Å². The molecule has 0 heterocycles. The highest BCUT2D eigenvalue weighted by molar-refractivity contribution is 6.10. The van der Waals surface area contributed by atoms with Crippen LogP contribution in [0, 0.1) is 0 Å². The number of fused-ring (bicyclic) bond motifs is 3. The van der Waals surface area contributed by atoms with Gasteiger partial charge in [-0.1, -0.05) is 103 Å². The lowest BCUT2D eigenvalue weighted by molar-refractivity contribution is 1.58. The van der Waals surface area contributed by atoms with Crippen LogP contribution < -0.4 is 5.32 Å². The fraction of sp³-hybridized carbons (Fsp3) is 0. The van der Waals surface area contributed by atoms with Gasteiger partial charge in [0.15, 0.2) is 0 Å². The van der Waals surface area contributed by atoms with E-state index < -0.39 is 0 Å². The van der Waals surface area contributed by atoms with E-state index in [0.717, 1.165) is 11.4 Å². The zero-order valence-electron chi connectivity index (χ0n) is 17.0. The smallest absolute Gasteiger partial charge is 0.0470 e. The van der Waals surface area contributed by atoms with Crippen LogP contribution in [-0.4, -0.2) is 0 Å². The van der Waals surface area contributed by atoms with Gasteiger partial charge in [-0.15, -0.1) is 0 Å². The molecule has 31 heavy (non-hydrogen) atoms. The maximum absolute atomic E-state index is 3.72. The third-order valence-corrected chi connectivity index (χ3v) is 6.02. The minimum absolute atomic E-state index is 1.09. The maximum Gasteiger partial charge on any atom is 0.0470 e. The Hall–Kier alpha value is -4.10. The highest BCUT2D eigenvalue weighted by Crippen LogP contribution is 2.40. The number of anilines is 2. The van der Waals surface area contributed by atoms with Crippen LogP contribution in [-0.2, 0) is 0 Å². The Kier molecular flexibility index (Phi) is 4.18. The molecule has 6 aromatic rings. The summed E-state index contributed by atoms with van der Waals surface area (Å²) in [4.78, 5) is 0. The summed E-state index contributed by atoms with van der Waals surface area (Å²) in [5.74, 6) is 0. The van der Waals surface area contributed by atoms with Crippen LogP contribution in [0.3, 0.4) is 0 Å². The summed E-state index contributed by atoms with van der Waals surface area (Å²) in [7, 11) is 0. The van der Waals surface area contributed by atoms with E-state index in [1.165, 1.54) is 43.4 Å². The van der Waals surface area contributed by atoms with Crippen molar-refractivity contribution in [3.05, 3.63) is 121 Å². The van der Waals surface area contributed by atoms with E-state index in [9.17, 15) is 0 Å². The molecule has 0 aliphatic heterocycles. The average Bonchev–Trinajstić information content (AvgIpc) is 2.84. The Morgan fingerprint density at radius 1 is 0.419 bits per heavy atom. The van der Waals surface area contributed by atoms with E-state index in [2.05, 4.69) is 127 Å². The summed E-state index contributed by atoms with van der Waals surface area (Å²) >= 11 is 0. The molecular formula is C30H21N. The molecule has 146 valence electrons. The van der Waals surface area contributed by atoms with Gasteiger partial charge in [0.25, 0.3) is 0 Å². The molecule has 0 saturated heterocycles. The molecule has 0 unspecified atom stereocenters. The van der Waals surface area contributed by atoms with Crippen molar-refractivity contribution in [3.63, 3.8) is 0 Å². The number of rotatable bonds is 3. The summed E-state index contributed by atoms with van der Waals surface area (Å²) in [6.45, 7) is 0. The second-order valence-electron chi connectivity index (χ2n) is 7.92. The van der Waals surface area contributed by atoms with Crippen molar-refractivity contribution >= 4 is 43.7 Å². The topological polar surface area (TPSA) is 12.0 Å². The van der Waals surface area contributed by atoms with E-state index >= 15 is 0 Å². The summed E-state index contributed by atoms with van der Waals surface area (Å²) in [5, 5.41) is 11.2. The first-order valence-corrected chi connectivity index (χ1v) is 10.6. The molecule has 0 saturated carbocycles. The largest absolute Gasteiger partial charge is 0.355 e. The van der Waals surface area contributed by atoms with E-state index in [1.54, 1.807) is 0 Å². The van der Waals surface area contributed by atoms with Crippen molar-refractivity contribution in [1.82, 2.24) is 0 Å². The van der Waals surface area contributed by atoms with Gasteiger partial charge < -0.3 is 5.32 Å². The molecule has 6 rings (SSSR count). The molecule has 0 aliphatic carbocycles. The molecule has 0 atom stereocenters. The molecule has 1 heteroatoms. The van der Waals surface area contributed by atoms with Gasteiger partial charge in [0, 0.05) is 16.9 Å². The van der Waals surface area contributed by atoms with Crippen LogP contribution >= 0.6 is 0 Å². The molecule has 6 aromatic carbocycles. The quantitative estimate of drug-likeness (QED) is 0.316. The maximum atomic E-state index is 3.72. The average molecular weight is 396 g/mol. The van der Waals surface area contributed by atoms with Crippen molar-refractivity contribution < 1.29 is 0 Å². The first-order valence-electron chi connectivity index (χ1n) is 10.6. The van der Waals surface area contributed by atoms with Gasteiger partial charge >= 0.3 is 0 Å².